The number of methoxy groups -OCH3 is 1. The third-order valence-electron chi connectivity index (χ3n) is 2.27. The standard InChI is InChI=1S/C11H14O2/c1-8-10(12-2)4-3-5-11(8)13-9-6-7-9/h3-5,9H,6-7H2,1-2H3. The van der Waals surface area contributed by atoms with E-state index in [0.717, 1.165) is 17.1 Å². The summed E-state index contributed by atoms with van der Waals surface area (Å²) in [6, 6.07) is 5.91. The summed E-state index contributed by atoms with van der Waals surface area (Å²) < 4.78 is 10.9. The van der Waals surface area contributed by atoms with E-state index in [1.807, 2.05) is 25.1 Å². The molecule has 1 aliphatic carbocycles. The van der Waals surface area contributed by atoms with E-state index in [1.54, 1.807) is 7.11 Å². The maximum atomic E-state index is 5.72. The van der Waals surface area contributed by atoms with E-state index in [9.17, 15) is 0 Å². The van der Waals surface area contributed by atoms with Gasteiger partial charge < -0.3 is 9.47 Å². The van der Waals surface area contributed by atoms with E-state index in [4.69, 9.17) is 9.47 Å². The molecule has 1 aromatic carbocycles. The highest BCUT2D eigenvalue weighted by Gasteiger charge is 2.24. The van der Waals surface area contributed by atoms with Gasteiger partial charge in [0.1, 0.15) is 11.5 Å². The lowest BCUT2D eigenvalue weighted by Crippen LogP contribution is -1.98. The Bertz CT molecular complexity index is 303. The number of ether oxygens (including phenoxy) is 2. The van der Waals surface area contributed by atoms with Crippen molar-refractivity contribution in [2.75, 3.05) is 7.11 Å². The fourth-order valence-corrected chi connectivity index (χ4v) is 1.31. The molecule has 0 aliphatic heterocycles. The maximum Gasteiger partial charge on any atom is 0.126 e. The number of benzene rings is 1. The average molecular weight is 178 g/mol. The first kappa shape index (κ1) is 8.42. The Morgan fingerprint density at radius 2 is 1.92 bits per heavy atom. The van der Waals surface area contributed by atoms with Crippen LogP contribution in [-0.2, 0) is 0 Å². The molecule has 0 unspecified atom stereocenters. The fraction of sp³-hybridized carbons (Fsp3) is 0.455. The summed E-state index contributed by atoms with van der Waals surface area (Å²) in [6.45, 7) is 2.02. The SMILES string of the molecule is COc1cccc(OC2CC2)c1C. The zero-order chi connectivity index (χ0) is 9.26. The molecule has 2 rings (SSSR count). The third-order valence-corrected chi connectivity index (χ3v) is 2.27. The Morgan fingerprint density at radius 3 is 2.54 bits per heavy atom. The second-order valence-corrected chi connectivity index (χ2v) is 3.40. The molecule has 1 saturated carbocycles. The number of rotatable bonds is 3. The highest BCUT2D eigenvalue weighted by Crippen LogP contribution is 2.32. The quantitative estimate of drug-likeness (QED) is 0.708. The maximum absolute atomic E-state index is 5.72. The second-order valence-electron chi connectivity index (χ2n) is 3.40. The lowest BCUT2D eigenvalue weighted by Gasteiger charge is -2.10. The van der Waals surface area contributed by atoms with E-state index >= 15 is 0 Å². The highest BCUT2D eigenvalue weighted by molar-refractivity contribution is 5.43. The van der Waals surface area contributed by atoms with Crippen LogP contribution in [0.1, 0.15) is 18.4 Å². The summed E-state index contributed by atoms with van der Waals surface area (Å²) in [5.74, 6) is 1.86. The molecule has 0 bridgehead atoms. The minimum Gasteiger partial charge on any atom is -0.496 e. The molecule has 0 N–H and O–H groups in total. The van der Waals surface area contributed by atoms with Gasteiger partial charge in [-0.25, -0.2) is 0 Å². The van der Waals surface area contributed by atoms with Crippen LogP contribution in [0.4, 0.5) is 0 Å². The smallest absolute Gasteiger partial charge is 0.126 e. The first-order valence-corrected chi connectivity index (χ1v) is 4.61. The third kappa shape index (κ3) is 1.77. The first-order chi connectivity index (χ1) is 6.31. The number of hydrogen-bond donors (Lipinski definition) is 0. The molecular formula is C11H14O2. The summed E-state index contributed by atoms with van der Waals surface area (Å²) in [7, 11) is 1.68. The zero-order valence-electron chi connectivity index (χ0n) is 8.04. The molecule has 2 heteroatoms. The summed E-state index contributed by atoms with van der Waals surface area (Å²) in [5, 5.41) is 0. The largest absolute Gasteiger partial charge is 0.496 e. The minimum absolute atomic E-state index is 0.450. The van der Waals surface area contributed by atoms with E-state index < -0.39 is 0 Å². The molecule has 2 nitrogen and oxygen atoms in total. The normalized spacial score (nSPS) is 15.5. The van der Waals surface area contributed by atoms with Crippen LogP contribution < -0.4 is 9.47 Å². The molecule has 1 fully saturated rings. The van der Waals surface area contributed by atoms with Crippen LogP contribution in [0.3, 0.4) is 0 Å². The summed E-state index contributed by atoms with van der Waals surface area (Å²) in [4.78, 5) is 0. The Balaban J connectivity index is 2.22. The van der Waals surface area contributed by atoms with Crippen molar-refractivity contribution < 1.29 is 9.47 Å². The van der Waals surface area contributed by atoms with Crippen molar-refractivity contribution in [3.8, 4) is 11.5 Å². The minimum atomic E-state index is 0.450. The van der Waals surface area contributed by atoms with Crippen LogP contribution >= 0.6 is 0 Å². The molecule has 0 atom stereocenters. The van der Waals surface area contributed by atoms with E-state index in [1.165, 1.54) is 12.8 Å². The van der Waals surface area contributed by atoms with Crippen molar-refractivity contribution in [2.45, 2.75) is 25.9 Å². The van der Waals surface area contributed by atoms with Crippen molar-refractivity contribution in [3.05, 3.63) is 23.8 Å². The van der Waals surface area contributed by atoms with Gasteiger partial charge >= 0.3 is 0 Å². The Morgan fingerprint density at radius 1 is 1.23 bits per heavy atom. The van der Waals surface area contributed by atoms with E-state index in [2.05, 4.69) is 0 Å². The molecule has 70 valence electrons. The van der Waals surface area contributed by atoms with Gasteiger partial charge in [0.2, 0.25) is 0 Å². The Labute approximate surface area is 78.5 Å². The molecule has 1 aliphatic rings. The van der Waals surface area contributed by atoms with Crippen molar-refractivity contribution in [2.24, 2.45) is 0 Å². The molecule has 0 spiro atoms. The monoisotopic (exact) mass is 178 g/mol. The molecule has 0 amide bonds. The average Bonchev–Trinajstić information content (AvgIpc) is 2.92. The second kappa shape index (κ2) is 3.29. The highest BCUT2D eigenvalue weighted by atomic mass is 16.5. The van der Waals surface area contributed by atoms with Crippen LogP contribution in [0.25, 0.3) is 0 Å². The van der Waals surface area contributed by atoms with Crippen LogP contribution in [0.2, 0.25) is 0 Å². The van der Waals surface area contributed by atoms with E-state index in [-0.39, 0.29) is 0 Å². The first-order valence-electron chi connectivity index (χ1n) is 4.61. The van der Waals surface area contributed by atoms with Crippen LogP contribution in [-0.4, -0.2) is 13.2 Å². The van der Waals surface area contributed by atoms with Gasteiger partial charge in [0.05, 0.1) is 13.2 Å². The topological polar surface area (TPSA) is 18.5 Å². The zero-order valence-corrected chi connectivity index (χ0v) is 8.04. The van der Waals surface area contributed by atoms with Crippen molar-refractivity contribution in [3.63, 3.8) is 0 Å². The van der Waals surface area contributed by atoms with Crippen molar-refractivity contribution in [1.82, 2.24) is 0 Å². The lowest BCUT2D eigenvalue weighted by atomic mass is 10.2. The number of hydrogen-bond acceptors (Lipinski definition) is 2. The van der Waals surface area contributed by atoms with Gasteiger partial charge in [-0.3, -0.25) is 0 Å². The van der Waals surface area contributed by atoms with Crippen molar-refractivity contribution >= 4 is 0 Å². The van der Waals surface area contributed by atoms with Crippen LogP contribution in [0, 0.1) is 6.92 Å². The van der Waals surface area contributed by atoms with Gasteiger partial charge in [-0.15, -0.1) is 0 Å². The van der Waals surface area contributed by atoms with Gasteiger partial charge in [-0.2, -0.15) is 0 Å². The molecule has 0 aromatic heterocycles. The summed E-state index contributed by atoms with van der Waals surface area (Å²) >= 11 is 0. The van der Waals surface area contributed by atoms with Gasteiger partial charge in [0.15, 0.2) is 0 Å². The predicted molar refractivity (Wildman–Crippen MR) is 51.4 cm³/mol. The van der Waals surface area contributed by atoms with Gasteiger partial charge in [-0.05, 0) is 31.9 Å². The van der Waals surface area contributed by atoms with Crippen molar-refractivity contribution in [1.29, 1.82) is 0 Å². The molecule has 0 radical (unpaired) electrons. The summed E-state index contributed by atoms with van der Waals surface area (Å²) in [6.07, 6.45) is 2.83. The molecule has 0 saturated heterocycles. The van der Waals surface area contributed by atoms with Gasteiger partial charge in [0, 0.05) is 5.56 Å². The van der Waals surface area contributed by atoms with Gasteiger partial charge in [0.25, 0.3) is 0 Å². The predicted octanol–water partition coefficient (Wildman–Crippen LogP) is 2.54. The summed E-state index contributed by atoms with van der Waals surface area (Å²) in [5.41, 5.74) is 1.09. The fourth-order valence-electron chi connectivity index (χ4n) is 1.31. The van der Waals surface area contributed by atoms with Crippen LogP contribution in [0.15, 0.2) is 18.2 Å². The molecule has 0 heterocycles. The Hall–Kier alpha value is -1.18. The molecular weight excluding hydrogens is 164 g/mol. The molecule has 13 heavy (non-hydrogen) atoms. The Kier molecular flexibility index (Phi) is 2.13. The van der Waals surface area contributed by atoms with Gasteiger partial charge in [-0.1, -0.05) is 6.07 Å². The van der Waals surface area contributed by atoms with Crippen LogP contribution in [0.5, 0.6) is 11.5 Å². The molecule has 1 aromatic rings. The van der Waals surface area contributed by atoms with E-state index in [0.29, 0.717) is 6.10 Å². The lowest BCUT2D eigenvalue weighted by molar-refractivity contribution is 0.298.